The highest BCUT2D eigenvalue weighted by molar-refractivity contribution is 9.10. The number of likely N-dealkylation sites (tertiary alicyclic amines) is 1. The van der Waals surface area contributed by atoms with E-state index in [9.17, 15) is 9.90 Å². The molecule has 0 saturated carbocycles. The maximum Gasteiger partial charge on any atom is 0.263 e. The Balaban J connectivity index is 1.89. The summed E-state index contributed by atoms with van der Waals surface area (Å²) in [7, 11) is 0. The van der Waals surface area contributed by atoms with Crippen LogP contribution in [0.2, 0.25) is 0 Å². The highest BCUT2D eigenvalue weighted by Gasteiger charge is 2.46. The van der Waals surface area contributed by atoms with E-state index in [1.54, 1.807) is 11.8 Å². The van der Waals surface area contributed by atoms with Gasteiger partial charge in [-0.1, -0.05) is 29.8 Å². The van der Waals surface area contributed by atoms with Gasteiger partial charge < -0.3 is 14.7 Å². The number of benzene rings is 1. The highest BCUT2D eigenvalue weighted by Crippen LogP contribution is 2.29. The lowest BCUT2D eigenvalue weighted by molar-refractivity contribution is -0.169. The molecule has 1 fully saturated rings. The summed E-state index contributed by atoms with van der Waals surface area (Å²) in [4.78, 5) is 13.8. The van der Waals surface area contributed by atoms with Crippen molar-refractivity contribution in [3.63, 3.8) is 0 Å². The van der Waals surface area contributed by atoms with Gasteiger partial charge in [0.1, 0.15) is 11.4 Å². The van der Waals surface area contributed by atoms with Gasteiger partial charge in [0, 0.05) is 4.47 Å². The van der Waals surface area contributed by atoms with Gasteiger partial charge in [-0.2, -0.15) is 0 Å². The number of nitrogens with zero attached hydrogens (tertiary/aromatic N) is 1. The van der Waals surface area contributed by atoms with Crippen molar-refractivity contribution >= 4 is 21.8 Å². The van der Waals surface area contributed by atoms with E-state index in [1.807, 2.05) is 38.1 Å². The van der Waals surface area contributed by atoms with Gasteiger partial charge in [0.05, 0.1) is 13.1 Å². The molecule has 0 aromatic heterocycles. The number of carbonyl (C=O) groups excluding carboxylic acids is 1. The summed E-state index contributed by atoms with van der Waals surface area (Å²) in [5, 5.41) is 10.2. The fourth-order valence-corrected chi connectivity index (χ4v) is 2.42. The Kier molecular flexibility index (Phi) is 4.39. The SMILES string of the molecule is CC(Oc1ccc(Br)cc1)C(=O)N1CC(O)(C(C)C)C1. The highest BCUT2D eigenvalue weighted by atomic mass is 79.9. The Labute approximate surface area is 127 Å². The lowest BCUT2D eigenvalue weighted by Gasteiger charge is -2.49. The molecule has 2 rings (SSSR count). The average molecular weight is 342 g/mol. The molecule has 1 aliphatic rings. The minimum Gasteiger partial charge on any atom is -0.481 e. The zero-order valence-corrected chi connectivity index (χ0v) is 13.6. The van der Waals surface area contributed by atoms with Gasteiger partial charge in [-0.3, -0.25) is 4.79 Å². The molecule has 0 bridgehead atoms. The lowest BCUT2D eigenvalue weighted by Crippen LogP contribution is -2.67. The maximum absolute atomic E-state index is 12.2. The summed E-state index contributed by atoms with van der Waals surface area (Å²) in [5.74, 6) is 0.723. The molecule has 110 valence electrons. The first-order valence-corrected chi connectivity index (χ1v) is 7.54. The maximum atomic E-state index is 12.2. The number of rotatable bonds is 4. The molecule has 1 atom stereocenters. The van der Waals surface area contributed by atoms with Gasteiger partial charge >= 0.3 is 0 Å². The number of carbonyl (C=O) groups is 1. The molecule has 1 aromatic carbocycles. The van der Waals surface area contributed by atoms with E-state index in [1.165, 1.54) is 0 Å². The van der Waals surface area contributed by atoms with Crippen molar-refractivity contribution in [2.75, 3.05) is 13.1 Å². The van der Waals surface area contributed by atoms with Crippen LogP contribution in [0.15, 0.2) is 28.7 Å². The van der Waals surface area contributed by atoms with Crippen LogP contribution in [0.4, 0.5) is 0 Å². The molecular weight excluding hydrogens is 322 g/mol. The summed E-state index contributed by atoms with van der Waals surface area (Å²) in [5.41, 5.74) is -0.743. The first-order chi connectivity index (χ1) is 9.32. The quantitative estimate of drug-likeness (QED) is 0.914. The Morgan fingerprint density at radius 1 is 1.30 bits per heavy atom. The van der Waals surface area contributed by atoms with E-state index < -0.39 is 11.7 Å². The number of amides is 1. The first-order valence-electron chi connectivity index (χ1n) is 6.75. The third kappa shape index (κ3) is 3.15. The molecule has 1 aliphatic heterocycles. The van der Waals surface area contributed by atoms with Gasteiger partial charge in [0.2, 0.25) is 0 Å². The first kappa shape index (κ1) is 15.3. The number of aliphatic hydroxyl groups is 1. The fourth-order valence-electron chi connectivity index (χ4n) is 2.16. The van der Waals surface area contributed by atoms with Crippen LogP contribution in [-0.2, 0) is 4.79 Å². The smallest absolute Gasteiger partial charge is 0.263 e. The molecule has 20 heavy (non-hydrogen) atoms. The number of β-amino-alcohol motifs (C(OH)–C–C–N with tert-alkyl or cyclic N) is 1. The second kappa shape index (κ2) is 5.74. The summed E-state index contributed by atoms with van der Waals surface area (Å²) in [6.45, 7) is 6.43. The van der Waals surface area contributed by atoms with Crippen molar-refractivity contribution in [1.82, 2.24) is 4.90 Å². The van der Waals surface area contributed by atoms with Crippen LogP contribution in [0.25, 0.3) is 0 Å². The van der Waals surface area contributed by atoms with Crippen LogP contribution in [0.1, 0.15) is 20.8 Å². The topological polar surface area (TPSA) is 49.8 Å². The lowest BCUT2D eigenvalue weighted by atomic mass is 9.83. The molecule has 1 unspecified atom stereocenters. The van der Waals surface area contributed by atoms with Gasteiger partial charge in [-0.25, -0.2) is 0 Å². The van der Waals surface area contributed by atoms with Gasteiger partial charge in [-0.15, -0.1) is 0 Å². The molecule has 1 saturated heterocycles. The Bertz CT molecular complexity index is 480. The summed E-state index contributed by atoms with van der Waals surface area (Å²) in [6, 6.07) is 7.37. The molecule has 4 nitrogen and oxygen atoms in total. The number of hydrogen-bond acceptors (Lipinski definition) is 3. The van der Waals surface area contributed by atoms with E-state index in [0.29, 0.717) is 18.8 Å². The molecule has 0 radical (unpaired) electrons. The summed E-state index contributed by atoms with van der Waals surface area (Å²) < 4.78 is 6.59. The van der Waals surface area contributed by atoms with Crippen LogP contribution in [0, 0.1) is 5.92 Å². The Morgan fingerprint density at radius 2 is 1.85 bits per heavy atom. The normalized spacial score (nSPS) is 18.6. The zero-order chi connectivity index (χ0) is 14.9. The van der Waals surface area contributed by atoms with Gasteiger partial charge in [-0.05, 0) is 37.1 Å². The predicted octanol–water partition coefficient (Wildman–Crippen LogP) is 2.45. The summed E-state index contributed by atoms with van der Waals surface area (Å²) in [6.07, 6.45) is -0.548. The zero-order valence-electron chi connectivity index (χ0n) is 12.0. The second-order valence-electron chi connectivity index (χ2n) is 5.67. The van der Waals surface area contributed by atoms with E-state index in [-0.39, 0.29) is 11.8 Å². The van der Waals surface area contributed by atoms with E-state index >= 15 is 0 Å². The minimum absolute atomic E-state index is 0.0850. The fraction of sp³-hybridized carbons (Fsp3) is 0.533. The number of hydrogen-bond donors (Lipinski definition) is 1. The van der Waals surface area contributed by atoms with Crippen molar-refractivity contribution in [3.8, 4) is 5.75 Å². The third-order valence-electron chi connectivity index (χ3n) is 3.79. The van der Waals surface area contributed by atoms with Gasteiger partial charge in [0.25, 0.3) is 5.91 Å². The van der Waals surface area contributed by atoms with Crippen LogP contribution >= 0.6 is 15.9 Å². The minimum atomic E-state index is -0.743. The van der Waals surface area contributed by atoms with Crippen LogP contribution < -0.4 is 4.74 Å². The second-order valence-corrected chi connectivity index (χ2v) is 6.58. The predicted molar refractivity (Wildman–Crippen MR) is 80.6 cm³/mol. The number of halogens is 1. The van der Waals surface area contributed by atoms with Crippen molar-refractivity contribution in [2.24, 2.45) is 5.92 Å². The molecular formula is C15H20BrNO3. The van der Waals surface area contributed by atoms with Crippen molar-refractivity contribution in [3.05, 3.63) is 28.7 Å². The van der Waals surface area contributed by atoms with E-state index in [2.05, 4.69) is 15.9 Å². The molecule has 1 heterocycles. The van der Waals surface area contributed by atoms with E-state index in [4.69, 9.17) is 4.74 Å². The Hall–Kier alpha value is -1.07. The standard InChI is InChI=1S/C15H20BrNO3/c1-10(2)15(19)8-17(9-15)14(18)11(3)20-13-6-4-12(16)5-7-13/h4-7,10-11,19H,8-9H2,1-3H3. The van der Waals surface area contributed by atoms with Crippen LogP contribution in [0.5, 0.6) is 5.75 Å². The molecule has 0 aliphatic carbocycles. The van der Waals surface area contributed by atoms with Crippen molar-refractivity contribution < 1.29 is 14.6 Å². The Morgan fingerprint density at radius 3 is 2.35 bits per heavy atom. The molecule has 0 spiro atoms. The van der Waals surface area contributed by atoms with Crippen LogP contribution in [0.3, 0.4) is 0 Å². The van der Waals surface area contributed by atoms with Crippen LogP contribution in [-0.4, -0.2) is 40.7 Å². The molecule has 1 amide bonds. The van der Waals surface area contributed by atoms with Crippen molar-refractivity contribution in [2.45, 2.75) is 32.5 Å². The summed E-state index contributed by atoms with van der Waals surface area (Å²) >= 11 is 3.35. The monoisotopic (exact) mass is 341 g/mol. The third-order valence-corrected chi connectivity index (χ3v) is 4.32. The molecule has 5 heteroatoms. The molecule has 1 aromatic rings. The van der Waals surface area contributed by atoms with Crippen molar-refractivity contribution in [1.29, 1.82) is 0 Å². The molecule has 1 N–H and O–H groups in total. The largest absolute Gasteiger partial charge is 0.481 e. The average Bonchev–Trinajstić information content (AvgIpc) is 2.36. The van der Waals surface area contributed by atoms with Gasteiger partial charge in [0.15, 0.2) is 6.10 Å². The van der Waals surface area contributed by atoms with E-state index in [0.717, 1.165) is 4.47 Å². The number of ether oxygens (including phenoxy) is 1.